The maximum atomic E-state index is 12.3. The van der Waals surface area contributed by atoms with Crippen molar-refractivity contribution >= 4 is 46.1 Å². The van der Waals surface area contributed by atoms with Crippen LogP contribution in [0.3, 0.4) is 0 Å². The van der Waals surface area contributed by atoms with Crippen molar-refractivity contribution in [3.63, 3.8) is 0 Å². The monoisotopic (exact) mass is 504 g/mol. The lowest BCUT2D eigenvalue weighted by Gasteiger charge is -2.14. The highest BCUT2D eigenvalue weighted by atomic mass is 32.1. The van der Waals surface area contributed by atoms with Crippen LogP contribution in [0.25, 0.3) is 0 Å². The van der Waals surface area contributed by atoms with Gasteiger partial charge in [0.25, 0.3) is 5.91 Å². The molecule has 0 spiro atoms. The molecule has 0 saturated heterocycles. The Hall–Kier alpha value is -3.80. The predicted octanol–water partition coefficient (Wildman–Crippen LogP) is 2.29. The number of nitrogens with one attached hydrogen (secondary N) is 3. The highest BCUT2D eigenvalue weighted by Crippen LogP contribution is 2.16. The summed E-state index contributed by atoms with van der Waals surface area (Å²) in [5.74, 6) is -3.37. The second kappa shape index (κ2) is 14.5. The van der Waals surface area contributed by atoms with Gasteiger partial charge in [-0.05, 0) is 19.4 Å². The summed E-state index contributed by atoms with van der Waals surface area (Å²) >= 11 is 1.05. The molecule has 0 aliphatic rings. The molecule has 1 heterocycles. The number of ketones is 1. The fourth-order valence-corrected chi connectivity index (χ4v) is 3.58. The Balaban J connectivity index is 1.82. The lowest BCUT2D eigenvalue weighted by atomic mass is 9.98. The summed E-state index contributed by atoms with van der Waals surface area (Å²) < 4.78 is 9.76. The first-order valence-electron chi connectivity index (χ1n) is 11.0. The topological polar surface area (TPSA) is 153 Å². The Morgan fingerprint density at radius 2 is 1.69 bits per heavy atom. The quantitative estimate of drug-likeness (QED) is 0.351. The first kappa shape index (κ1) is 27.4. The zero-order valence-corrected chi connectivity index (χ0v) is 20.3. The molecule has 2 rings (SSSR count). The van der Waals surface area contributed by atoms with Gasteiger partial charge >= 0.3 is 18.0 Å². The van der Waals surface area contributed by atoms with E-state index in [2.05, 4.69) is 20.9 Å². The van der Waals surface area contributed by atoms with E-state index in [0.717, 1.165) is 16.9 Å². The predicted molar refractivity (Wildman–Crippen MR) is 128 cm³/mol. The van der Waals surface area contributed by atoms with Crippen LogP contribution in [0.15, 0.2) is 35.7 Å². The number of rotatable bonds is 13. The molecule has 3 amide bonds. The molecule has 188 valence electrons. The van der Waals surface area contributed by atoms with Gasteiger partial charge in [-0.25, -0.2) is 9.78 Å². The van der Waals surface area contributed by atoms with Gasteiger partial charge in [-0.2, -0.15) is 0 Å². The molecular formula is C23H28N4O7S. The van der Waals surface area contributed by atoms with Crippen molar-refractivity contribution in [1.29, 1.82) is 0 Å². The first-order chi connectivity index (χ1) is 16.8. The molecule has 12 heteroatoms. The molecule has 35 heavy (non-hydrogen) atoms. The summed E-state index contributed by atoms with van der Waals surface area (Å²) in [6, 6.07) is 8.88. The molecule has 0 aliphatic heterocycles. The number of carbonyl (C=O) groups is 5. The normalized spacial score (nSPS) is 11.1. The Labute approximate surface area is 206 Å². The number of esters is 2. The van der Waals surface area contributed by atoms with E-state index in [-0.39, 0.29) is 43.4 Å². The molecule has 11 nitrogen and oxygen atoms in total. The fraction of sp³-hybridized carbons (Fsp3) is 0.391. The zero-order valence-electron chi connectivity index (χ0n) is 19.5. The van der Waals surface area contributed by atoms with Crippen molar-refractivity contribution in [1.82, 2.24) is 15.6 Å². The number of ether oxygens (including phenoxy) is 2. The fourth-order valence-electron chi connectivity index (χ4n) is 2.89. The Morgan fingerprint density at radius 1 is 0.971 bits per heavy atom. The van der Waals surface area contributed by atoms with Crippen LogP contribution < -0.4 is 16.0 Å². The SMILES string of the molecule is CCOC(=O)CC(CC(=O)CNC(=O)c1csc(NC(=O)NCc2ccccc2)n1)C(=O)OCC. The van der Waals surface area contributed by atoms with Gasteiger partial charge in [0, 0.05) is 18.3 Å². The molecule has 0 fully saturated rings. The number of anilines is 1. The summed E-state index contributed by atoms with van der Waals surface area (Å²) in [5, 5.41) is 9.31. The minimum atomic E-state index is -0.997. The summed E-state index contributed by atoms with van der Waals surface area (Å²) in [6.07, 6.45) is -0.580. The van der Waals surface area contributed by atoms with E-state index in [1.807, 2.05) is 30.3 Å². The van der Waals surface area contributed by atoms with Crippen molar-refractivity contribution in [2.24, 2.45) is 5.92 Å². The van der Waals surface area contributed by atoms with Gasteiger partial charge < -0.3 is 20.1 Å². The number of benzene rings is 1. The maximum Gasteiger partial charge on any atom is 0.321 e. The number of urea groups is 1. The van der Waals surface area contributed by atoms with Crippen LogP contribution in [-0.4, -0.2) is 54.4 Å². The molecule has 3 N–H and O–H groups in total. The molecule has 0 radical (unpaired) electrons. The number of hydrogen-bond donors (Lipinski definition) is 3. The van der Waals surface area contributed by atoms with Crippen molar-refractivity contribution in [2.75, 3.05) is 25.1 Å². The van der Waals surface area contributed by atoms with E-state index in [0.29, 0.717) is 6.54 Å². The number of thiazole rings is 1. The van der Waals surface area contributed by atoms with Gasteiger partial charge in [-0.1, -0.05) is 30.3 Å². The molecule has 0 saturated carbocycles. The number of aromatic nitrogens is 1. The molecule has 1 atom stereocenters. The maximum absolute atomic E-state index is 12.3. The highest BCUT2D eigenvalue weighted by Gasteiger charge is 2.27. The highest BCUT2D eigenvalue weighted by molar-refractivity contribution is 7.14. The van der Waals surface area contributed by atoms with Crippen LogP contribution in [0.4, 0.5) is 9.93 Å². The average molecular weight is 505 g/mol. The Morgan fingerprint density at radius 3 is 2.37 bits per heavy atom. The van der Waals surface area contributed by atoms with Crippen molar-refractivity contribution < 1.29 is 33.4 Å². The standard InChI is InChI=1S/C23H28N4O7S/c1-3-33-19(29)11-16(21(31)34-4-2)10-17(28)13-24-20(30)18-14-35-23(26-18)27-22(32)25-12-15-8-6-5-7-9-15/h5-9,14,16H,3-4,10-13H2,1-2H3,(H,24,30)(H2,25,26,27,32). The van der Waals surface area contributed by atoms with Crippen LogP contribution in [0, 0.1) is 5.92 Å². The first-order valence-corrected chi connectivity index (χ1v) is 11.9. The Kier molecular flexibility index (Phi) is 11.3. The average Bonchev–Trinajstić information content (AvgIpc) is 3.30. The van der Waals surface area contributed by atoms with Gasteiger partial charge in [0.1, 0.15) is 5.69 Å². The molecule has 1 aromatic heterocycles. The van der Waals surface area contributed by atoms with E-state index < -0.39 is 35.6 Å². The summed E-state index contributed by atoms with van der Waals surface area (Å²) in [6.45, 7) is 3.47. The van der Waals surface area contributed by atoms with Crippen LogP contribution in [0.2, 0.25) is 0 Å². The molecule has 1 aromatic carbocycles. The number of nitrogens with zero attached hydrogens (tertiary/aromatic N) is 1. The third kappa shape index (κ3) is 9.92. The third-order valence-electron chi connectivity index (χ3n) is 4.51. The van der Waals surface area contributed by atoms with Crippen molar-refractivity contribution in [3.05, 3.63) is 47.0 Å². The molecule has 1 unspecified atom stereocenters. The molecular weight excluding hydrogens is 476 g/mol. The molecule has 0 aliphatic carbocycles. The van der Waals surface area contributed by atoms with Crippen LogP contribution in [-0.2, 0) is 30.4 Å². The smallest absolute Gasteiger partial charge is 0.321 e. The van der Waals surface area contributed by atoms with Crippen LogP contribution in [0.1, 0.15) is 42.7 Å². The van der Waals surface area contributed by atoms with Gasteiger partial charge in [-0.3, -0.25) is 24.5 Å². The number of carbonyl (C=O) groups excluding carboxylic acids is 5. The summed E-state index contributed by atoms with van der Waals surface area (Å²) in [4.78, 5) is 64.5. The van der Waals surface area contributed by atoms with E-state index in [9.17, 15) is 24.0 Å². The minimum absolute atomic E-state index is 0.0228. The van der Waals surface area contributed by atoms with Crippen molar-refractivity contribution in [2.45, 2.75) is 33.2 Å². The lowest BCUT2D eigenvalue weighted by Crippen LogP contribution is -2.33. The van der Waals surface area contributed by atoms with E-state index in [1.165, 1.54) is 5.38 Å². The summed E-state index contributed by atoms with van der Waals surface area (Å²) in [7, 11) is 0. The van der Waals surface area contributed by atoms with Gasteiger partial charge in [0.15, 0.2) is 10.9 Å². The Bertz CT molecular complexity index is 1030. The second-order valence-electron chi connectivity index (χ2n) is 7.21. The van der Waals surface area contributed by atoms with Crippen molar-refractivity contribution in [3.8, 4) is 0 Å². The number of hydrogen-bond acceptors (Lipinski definition) is 9. The number of Topliss-reactive ketones (excluding diaryl/α,β-unsaturated/α-hetero) is 1. The molecule has 0 bridgehead atoms. The summed E-state index contributed by atoms with van der Waals surface area (Å²) in [5.41, 5.74) is 0.952. The zero-order chi connectivity index (χ0) is 25.6. The van der Waals surface area contributed by atoms with Gasteiger partial charge in [0.05, 0.1) is 32.1 Å². The van der Waals surface area contributed by atoms with Crippen LogP contribution >= 0.6 is 11.3 Å². The van der Waals surface area contributed by atoms with E-state index >= 15 is 0 Å². The van der Waals surface area contributed by atoms with Gasteiger partial charge in [0.2, 0.25) is 0 Å². The third-order valence-corrected chi connectivity index (χ3v) is 5.27. The molecule has 2 aromatic rings. The number of amides is 3. The van der Waals surface area contributed by atoms with E-state index in [4.69, 9.17) is 9.47 Å². The van der Waals surface area contributed by atoms with Gasteiger partial charge in [-0.15, -0.1) is 11.3 Å². The van der Waals surface area contributed by atoms with E-state index in [1.54, 1.807) is 13.8 Å². The van der Waals surface area contributed by atoms with Crippen LogP contribution in [0.5, 0.6) is 0 Å². The lowest BCUT2D eigenvalue weighted by molar-refractivity contribution is -0.155. The largest absolute Gasteiger partial charge is 0.466 e. The minimum Gasteiger partial charge on any atom is -0.466 e. The second-order valence-corrected chi connectivity index (χ2v) is 8.07.